The van der Waals surface area contributed by atoms with Crippen LogP contribution in [0.1, 0.15) is 25.8 Å². The van der Waals surface area contributed by atoms with Crippen LogP contribution < -0.4 is 20.7 Å². The van der Waals surface area contributed by atoms with Crippen molar-refractivity contribution in [2.75, 3.05) is 6.54 Å². The van der Waals surface area contributed by atoms with E-state index in [1.54, 1.807) is 12.1 Å². The minimum absolute atomic E-state index is 0.0659. The van der Waals surface area contributed by atoms with Gasteiger partial charge in [0.1, 0.15) is 5.25 Å². The lowest BCUT2D eigenvalue weighted by atomic mass is 10.1. The van der Waals surface area contributed by atoms with Crippen LogP contribution in [0.5, 0.6) is 0 Å². The molecule has 1 aromatic rings. The number of benzene rings is 1. The van der Waals surface area contributed by atoms with Gasteiger partial charge in [0.05, 0.1) is 4.90 Å². The second kappa shape index (κ2) is 7.46. The molecule has 136 valence electrons. The summed E-state index contributed by atoms with van der Waals surface area (Å²) in [5, 5.41) is 4.52. The third-order valence-corrected chi connectivity index (χ3v) is 7.15. The van der Waals surface area contributed by atoms with Crippen LogP contribution in [0.25, 0.3) is 0 Å². The molecule has 1 saturated heterocycles. The van der Waals surface area contributed by atoms with Crippen LogP contribution in [0.3, 0.4) is 0 Å². The van der Waals surface area contributed by atoms with E-state index in [4.69, 9.17) is 5.14 Å². The number of hydrogen-bond acceptors (Lipinski definition) is 6. The number of aryl methyl sites for hydroxylation is 1. The number of nitrogens with two attached hydrogens (primary N) is 1. The summed E-state index contributed by atoms with van der Waals surface area (Å²) < 4.78 is 49.7. The number of rotatable bonds is 7. The first-order chi connectivity index (χ1) is 11.1. The quantitative estimate of drug-likeness (QED) is 0.472. The predicted octanol–water partition coefficient (Wildman–Crippen LogP) is -0.561. The van der Waals surface area contributed by atoms with Crippen molar-refractivity contribution >= 4 is 20.0 Å². The first kappa shape index (κ1) is 19.3. The standard InChI is InChI=1S/C14H24N4O4S2/c1-10-14(11(2)18-17-10)24(21,22)16-9-3-4-12-5-7-13(8-6-12)23(15,19)20/h5-8,10-11,14,16-18H,3-4,9H2,1-2H3,(H2,15,19,20). The summed E-state index contributed by atoms with van der Waals surface area (Å²) in [6.07, 6.45) is 1.25. The zero-order valence-corrected chi connectivity index (χ0v) is 15.3. The average molecular weight is 377 g/mol. The van der Waals surface area contributed by atoms with E-state index in [1.807, 2.05) is 13.8 Å². The number of hydrogen-bond donors (Lipinski definition) is 4. The molecule has 8 nitrogen and oxygen atoms in total. The van der Waals surface area contributed by atoms with Crippen molar-refractivity contribution in [1.82, 2.24) is 15.6 Å². The fourth-order valence-electron chi connectivity index (χ4n) is 2.85. The molecule has 0 saturated carbocycles. The zero-order valence-electron chi connectivity index (χ0n) is 13.7. The Bertz CT molecular complexity index is 752. The Morgan fingerprint density at radius 3 is 2.08 bits per heavy atom. The third-order valence-electron chi connectivity index (χ3n) is 4.08. The number of sulfonamides is 2. The fraction of sp³-hybridized carbons (Fsp3) is 0.571. The van der Waals surface area contributed by atoms with Crippen LogP contribution in [-0.2, 0) is 26.5 Å². The molecule has 2 unspecified atom stereocenters. The summed E-state index contributed by atoms with van der Waals surface area (Å²) in [4.78, 5) is 0.0659. The van der Waals surface area contributed by atoms with Gasteiger partial charge in [0.25, 0.3) is 0 Å². The maximum atomic E-state index is 12.3. The highest BCUT2D eigenvalue weighted by atomic mass is 32.2. The van der Waals surface area contributed by atoms with Crippen LogP contribution in [0.15, 0.2) is 29.2 Å². The number of primary sulfonamides is 1. The Kier molecular flexibility index (Phi) is 6.00. The van der Waals surface area contributed by atoms with E-state index >= 15 is 0 Å². The molecule has 0 aliphatic carbocycles. The topological polar surface area (TPSA) is 130 Å². The zero-order chi connectivity index (χ0) is 18.0. The summed E-state index contributed by atoms with van der Waals surface area (Å²) in [6, 6.07) is 5.95. The van der Waals surface area contributed by atoms with E-state index in [2.05, 4.69) is 15.6 Å². The lowest BCUT2D eigenvalue weighted by Gasteiger charge is -2.19. The summed E-state index contributed by atoms with van der Waals surface area (Å²) in [5.41, 5.74) is 6.78. The molecule has 5 N–H and O–H groups in total. The Hall–Kier alpha value is -1.04. The average Bonchev–Trinajstić information content (AvgIpc) is 2.83. The Balaban J connectivity index is 1.84. The van der Waals surface area contributed by atoms with Crippen molar-refractivity contribution in [2.45, 2.75) is 48.9 Å². The van der Waals surface area contributed by atoms with Gasteiger partial charge in [-0.1, -0.05) is 12.1 Å². The van der Waals surface area contributed by atoms with Crippen molar-refractivity contribution in [1.29, 1.82) is 0 Å². The maximum Gasteiger partial charge on any atom is 0.238 e. The molecule has 0 bridgehead atoms. The Morgan fingerprint density at radius 1 is 1.04 bits per heavy atom. The molecule has 1 aliphatic heterocycles. The smallest absolute Gasteiger partial charge is 0.238 e. The van der Waals surface area contributed by atoms with Crippen molar-refractivity contribution in [3.8, 4) is 0 Å². The first-order valence-electron chi connectivity index (χ1n) is 7.72. The molecule has 1 aliphatic rings. The summed E-state index contributed by atoms with van der Waals surface area (Å²) in [5.74, 6) is 0. The van der Waals surface area contributed by atoms with Crippen LogP contribution in [-0.4, -0.2) is 40.7 Å². The van der Waals surface area contributed by atoms with E-state index in [9.17, 15) is 16.8 Å². The molecule has 24 heavy (non-hydrogen) atoms. The van der Waals surface area contributed by atoms with Gasteiger partial charge < -0.3 is 0 Å². The van der Waals surface area contributed by atoms with Crippen molar-refractivity contribution in [3.05, 3.63) is 29.8 Å². The SMILES string of the molecule is CC1NNC(C)C1S(=O)(=O)NCCCc1ccc(S(N)(=O)=O)cc1. The van der Waals surface area contributed by atoms with Crippen molar-refractivity contribution < 1.29 is 16.8 Å². The Labute approximate surface area is 143 Å². The molecule has 0 spiro atoms. The third kappa shape index (κ3) is 4.74. The molecule has 0 radical (unpaired) electrons. The molecular weight excluding hydrogens is 352 g/mol. The van der Waals surface area contributed by atoms with Crippen LogP contribution in [0.4, 0.5) is 0 Å². The van der Waals surface area contributed by atoms with Gasteiger partial charge in [-0.25, -0.2) is 26.7 Å². The molecule has 2 rings (SSSR count). The van der Waals surface area contributed by atoms with Gasteiger partial charge in [-0.2, -0.15) is 0 Å². The highest BCUT2D eigenvalue weighted by Crippen LogP contribution is 2.15. The normalized spacial score (nSPS) is 25.0. The van der Waals surface area contributed by atoms with E-state index in [1.165, 1.54) is 12.1 Å². The molecule has 1 fully saturated rings. The van der Waals surface area contributed by atoms with E-state index in [-0.39, 0.29) is 17.0 Å². The largest absolute Gasteiger partial charge is 0.253 e. The molecular formula is C14H24N4O4S2. The van der Waals surface area contributed by atoms with Gasteiger partial charge in [-0.05, 0) is 44.4 Å². The van der Waals surface area contributed by atoms with Crippen molar-refractivity contribution in [2.24, 2.45) is 5.14 Å². The molecule has 10 heteroatoms. The molecule has 2 atom stereocenters. The highest BCUT2D eigenvalue weighted by Gasteiger charge is 2.39. The van der Waals surface area contributed by atoms with Gasteiger partial charge in [-0.3, -0.25) is 10.9 Å². The van der Waals surface area contributed by atoms with E-state index in [0.29, 0.717) is 19.4 Å². The lowest BCUT2D eigenvalue weighted by Crippen LogP contribution is -2.44. The minimum Gasteiger partial charge on any atom is -0.253 e. The molecule has 0 aromatic heterocycles. The van der Waals surface area contributed by atoms with Crippen LogP contribution in [0.2, 0.25) is 0 Å². The summed E-state index contributed by atoms with van der Waals surface area (Å²) in [6.45, 7) is 3.98. The van der Waals surface area contributed by atoms with Crippen LogP contribution in [0, 0.1) is 0 Å². The Morgan fingerprint density at radius 2 is 1.58 bits per heavy atom. The first-order valence-corrected chi connectivity index (χ1v) is 10.8. The van der Waals surface area contributed by atoms with Gasteiger partial charge in [0.2, 0.25) is 20.0 Å². The van der Waals surface area contributed by atoms with Gasteiger partial charge >= 0.3 is 0 Å². The molecule has 0 amide bonds. The van der Waals surface area contributed by atoms with Crippen molar-refractivity contribution in [3.63, 3.8) is 0 Å². The van der Waals surface area contributed by atoms with E-state index in [0.717, 1.165) is 5.56 Å². The fourth-order valence-corrected chi connectivity index (χ4v) is 5.19. The summed E-state index contributed by atoms with van der Waals surface area (Å²) in [7, 11) is -7.10. The monoisotopic (exact) mass is 376 g/mol. The highest BCUT2D eigenvalue weighted by molar-refractivity contribution is 7.90. The minimum atomic E-state index is -3.69. The lowest BCUT2D eigenvalue weighted by molar-refractivity contribution is 0.543. The van der Waals surface area contributed by atoms with Crippen LogP contribution >= 0.6 is 0 Å². The maximum absolute atomic E-state index is 12.3. The van der Waals surface area contributed by atoms with E-state index < -0.39 is 25.3 Å². The van der Waals surface area contributed by atoms with Gasteiger partial charge in [0.15, 0.2) is 0 Å². The van der Waals surface area contributed by atoms with Gasteiger partial charge in [0, 0.05) is 18.6 Å². The summed E-state index contributed by atoms with van der Waals surface area (Å²) >= 11 is 0. The number of hydrazine groups is 1. The van der Waals surface area contributed by atoms with Gasteiger partial charge in [-0.15, -0.1) is 0 Å². The number of nitrogens with one attached hydrogen (secondary N) is 3. The second-order valence-electron chi connectivity index (χ2n) is 6.06. The predicted molar refractivity (Wildman–Crippen MR) is 92.0 cm³/mol. The molecule has 1 heterocycles. The molecule has 1 aromatic carbocycles. The second-order valence-corrected chi connectivity index (χ2v) is 9.55.